The molecule has 0 aliphatic heterocycles. The summed E-state index contributed by atoms with van der Waals surface area (Å²) in [7, 11) is 0. The largest absolute Gasteiger partial charge is 0.573 e. The third-order valence-electron chi connectivity index (χ3n) is 4.49. The van der Waals surface area contributed by atoms with Crippen LogP contribution in [0.2, 0.25) is 5.02 Å². The molecule has 1 aromatic carbocycles. The first-order valence-corrected chi connectivity index (χ1v) is 8.06. The van der Waals surface area contributed by atoms with E-state index in [0.717, 1.165) is 12.1 Å². The predicted octanol–water partition coefficient (Wildman–Crippen LogP) is 6.88. The van der Waals surface area contributed by atoms with E-state index in [-0.39, 0.29) is 12.0 Å². The van der Waals surface area contributed by atoms with Crippen molar-refractivity contribution in [2.24, 2.45) is 17.3 Å². The Bertz CT molecular complexity index is 723. The molecular weight excluding hydrogens is 412 g/mol. The van der Waals surface area contributed by atoms with Crippen LogP contribution in [0.3, 0.4) is 0 Å². The minimum atomic E-state index is -4.98. The SMILES string of the molecule is CC1(C)C(C=C(Cl)C(F)(F)F)C1Cc1cc(OC(F)(F)F)cc(Cl)c1F. The molecule has 146 valence electrons. The van der Waals surface area contributed by atoms with Crippen LogP contribution in [0.15, 0.2) is 23.2 Å². The van der Waals surface area contributed by atoms with Gasteiger partial charge in [-0.15, -0.1) is 13.2 Å². The van der Waals surface area contributed by atoms with Gasteiger partial charge >= 0.3 is 12.5 Å². The minimum absolute atomic E-state index is 0.114. The summed E-state index contributed by atoms with van der Waals surface area (Å²) in [6, 6.07) is 1.53. The Kier molecular flexibility index (Phi) is 5.52. The first kappa shape index (κ1) is 21.2. The number of allylic oxidation sites excluding steroid dienone is 2. The lowest BCUT2D eigenvalue weighted by molar-refractivity contribution is -0.274. The Hall–Kier alpha value is -1.15. The van der Waals surface area contributed by atoms with Crippen molar-refractivity contribution < 1.29 is 35.5 Å². The zero-order chi connectivity index (χ0) is 20.1. The van der Waals surface area contributed by atoms with Crippen molar-refractivity contribution in [1.29, 1.82) is 0 Å². The highest BCUT2D eigenvalue weighted by Gasteiger charge is 2.57. The van der Waals surface area contributed by atoms with Gasteiger partial charge in [-0.3, -0.25) is 0 Å². The third-order valence-corrected chi connectivity index (χ3v) is 5.10. The topological polar surface area (TPSA) is 9.23 Å². The smallest absolute Gasteiger partial charge is 0.406 e. The quantitative estimate of drug-likeness (QED) is 0.478. The van der Waals surface area contributed by atoms with Crippen LogP contribution in [0.25, 0.3) is 0 Å². The number of alkyl halides is 6. The summed E-state index contributed by atoms with van der Waals surface area (Å²) in [6.07, 6.45) is -8.94. The van der Waals surface area contributed by atoms with Crippen LogP contribution in [-0.4, -0.2) is 12.5 Å². The van der Waals surface area contributed by atoms with Gasteiger partial charge in [-0.05, 0) is 35.3 Å². The van der Waals surface area contributed by atoms with E-state index in [1.54, 1.807) is 13.8 Å². The van der Waals surface area contributed by atoms with Gasteiger partial charge in [0.2, 0.25) is 0 Å². The third kappa shape index (κ3) is 4.76. The highest BCUT2D eigenvalue weighted by atomic mass is 35.5. The number of hydrogen-bond donors (Lipinski definition) is 0. The van der Waals surface area contributed by atoms with Crippen molar-refractivity contribution in [3.63, 3.8) is 0 Å². The summed E-state index contributed by atoms with van der Waals surface area (Å²) in [5.41, 5.74) is -0.806. The van der Waals surface area contributed by atoms with Gasteiger partial charge in [0.25, 0.3) is 0 Å². The van der Waals surface area contributed by atoms with Gasteiger partial charge < -0.3 is 4.74 Å². The van der Waals surface area contributed by atoms with Crippen LogP contribution in [0.1, 0.15) is 19.4 Å². The summed E-state index contributed by atoms with van der Waals surface area (Å²) < 4.78 is 92.6. The molecule has 2 atom stereocenters. The second kappa shape index (κ2) is 6.78. The van der Waals surface area contributed by atoms with Crippen molar-refractivity contribution in [1.82, 2.24) is 0 Å². The van der Waals surface area contributed by atoms with Crippen LogP contribution in [0, 0.1) is 23.1 Å². The highest BCUT2D eigenvalue weighted by Crippen LogP contribution is 2.61. The molecule has 0 radical (unpaired) electrons. The maximum absolute atomic E-state index is 14.1. The average Bonchev–Trinajstić information content (AvgIpc) is 2.93. The Balaban J connectivity index is 2.26. The summed E-state index contributed by atoms with van der Waals surface area (Å²) in [5.74, 6) is -2.70. The van der Waals surface area contributed by atoms with Gasteiger partial charge in [0, 0.05) is 6.07 Å². The minimum Gasteiger partial charge on any atom is -0.406 e. The summed E-state index contributed by atoms with van der Waals surface area (Å²) in [5, 5.41) is -1.86. The second-order valence-electron chi connectivity index (χ2n) is 6.60. The van der Waals surface area contributed by atoms with Crippen molar-refractivity contribution >= 4 is 23.2 Å². The van der Waals surface area contributed by atoms with Crippen molar-refractivity contribution in [3.8, 4) is 5.75 Å². The van der Waals surface area contributed by atoms with Gasteiger partial charge in [-0.2, -0.15) is 13.2 Å². The van der Waals surface area contributed by atoms with Crippen LogP contribution in [0.5, 0.6) is 5.75 Å². The number of benzene rings is 1. The van der Waals surface area contributed by atoms with Crippen molar-refractivity contribution in [2.75, 3.05) is 0 Å². The molecule has 0 saturated heterocycles. The number of hydrogen-bond acceptors (Lipinski definition) is 1. The summed E-state index contributed by atoms with van der Waals surface area (Å²) in [4.78, 5) is 0. The molecule has 2 unspecified atom stereocenters. The molecule has 0 N–H and O–H groups in total. The molecule has 0 spiro atoms. The first-order chi connectivity index (χ1) is 11.6. The average molecular weight is 425 g/mol. The molecule has 0 amide bonds. The molecule has 1 aromatic rings. The zero-order valence-corrected chi connectivity index (χ0v) is 14.9. The summed E-state index contributed by atoms with van der Waals surface area (Å²) >= 11 is 10.8. The maximum atomic E-state index is 14.1. The molecule has 1 aliphatic carbocycles. The van der Waals surface area contributed by atoms with Gasteiger partial charge in [-0.25, -0.2) is 4.39 Å². The molecule has 1 saturated carbocycles. The number of halogens is 9. The second-order valence-corrected chi connectivity index (χ2v) is 7.41. The van der Waals surface area contributed by atoms with Gasteiger partial charge in [-0.1, -0.05) is 43.1 Å². The Morgan fingerprint density at radius 3 is 2.27 bits per heavy atom. The van der Waals surface area contributed by atoms with Gasteiger partial charge in [0.05, 0.1) is 5.02 Å². The molecule has 2 rings (SSSR count). The predicted molar refractivity (Wildman–Crippen MR) is 82.5 cm³/mol. The molecule has 26 heavy (non-hydrogen) atoms. The van der Waals surface area contributed by atoms with Crippen LogP contribution in [0.4, 0.5) is 30.7 Å². The monoisotopic (exact) mass is 424 g/mol. The molecule has 1 aliphatic rings. The lowest BCUT2D eigenvalue weighted by Crippen LogP contribution is -2.17. The highest BCUT2D eigenvalue weighted by molar-refractivity contribution is 6.31. The van der Waals surface area contributed by atoms with Crippen molar-refractivity contribution in [2.45, 2.75) is 32.8 Å². The van der Waals surface area contributed by atoms with Crippen LogP contribution in [-0.2, 0) is 6.42 Å². The Morgan fingerprint density at radius 2 is 1.77 bits per heavy atom. The fraction of sp³-hybridized carbons (Fsp3) is 0.500. The number of ether oxygens (including phenoxy) is 1. The van der Waals surface area contributed by atoms with E-state index in [0.29, 0.717) is 6.07 Å². The van der Waals surface area contributed by atoms with Crippen molar-refractivity contribution in [3.05, 3.63) is 39.6 Å². The lowest BCUT2D eigenvalue weighted by atomic mass is 10.0. The Morgan fingerprint density at radius 1 is 1.19 bits per heavy atom. The normalized spacial score (nSPS) is 23.1. The lowest BCUT2D eigenvalue weighted by Gasteiger charge is -2.12. The van der Waals surface area contributed by atoms with Gasteiger partial charge in [0.1, 0.15) is 16.6 Å². The Labute approximate surface area is 154 Å². The van der Waals surface area contributed by atoms with Crippen LogP contribution < -0.4 is 4.74 Å². The molecule has 1 fully saturated rings. The van der Waals surface area contributed by atoms with E-state index in [1.165, 1.54) is 0 Å². The summed E-state index contributed by atoms with van der Waals surface area (Å²) in [6.45, 7) is 3.32. The van der Waals surface area contributed by atoms with E-state index < -0.39 is 51.4 Å². The van der Waals surface area contributed by atoms with E-state index in [9.17, 15) is 30.7 Å². The van der Waals surface area contributed by atoms with E-state index in [1.807, 2.05) is 0 Å². The van der Waals surface area contributed by atoms with E-state index in [4.69, 9.17) is 23.2 Å². The fourth-order valence-corrected chi connectivity index (χ4v) is 3.32. The molecule has 0 aromatic heterocycles. The standard InChI is InChI=1S/C16H13Cl2F7O/c1-14(2)9(10(14)6-12(18)15(20,21)22)4-7-3-8(26-16(23,24)25)5-11(17)13(7)19/h3,5-6,9-10H,4H2,1-2H3. The van der Waals surface area contributed by atoms with Crippen LogP contribution >= 0.6 is 23.2 Å². The molecule has 0 heterocycles. The molecule has 0 bridgehead atoms. The van der Waals surface area contributed by atoms with Gasteiger partial charge in [0.15, 0.2) is 0 Å². The zero-order valence-electron chi connectivity index (χ0n) is 13.4. The molecular formula is C16H13Cl2F7O. The van der Waals surface area contributed by atoms with E-state index >= 15 is 0 Å². The molecule has 1 nitrogen and oxygen atoms in total. The molecule has 10 heteroatoms. The maximum Gasteiger partial charge on any atom is 0.573 e. The van der Waals surface area contributed by atoms with E-state index in [2.05, 4.69) is 4.74 Å². The number of rotatable bonds is 4. The fourth-order valence-electron chi connectivity index (χ4n) is 2.96. The first-order valence-electron chi connectivity index (χ1n) is 7.31.